The number of aryl methyl sites for hydroxylation is 1. The number of hydrogen-bond acceptors (Lipinski definition) is 4. The van der Waals surface area contributed by atoms with Gasteiger partial charge in [-0.05, 0) is 30.7 Å². The monoisotopic (exact) mass is 271 g/mol. The highest BCUT2D eigenvalue weighted by Gasteiger charge is 2.22. The SMILES string of the molecule is Cc1cccc2cc(C(NN)c3ncccc3F)oc12. The van der Waals surface area contributed by atoms with E-state index >= 15 is 0 Å². The van der Waals surface area contributed by atoms with Crippen LogP contribution in [0, 0.1) is 12.7 Å². The van der Waals surface area contributed by atoms with Crippen LogP contribution < -0.4 is 11.3 Å². The molecule has 20 heavy (non-hydrogen) atoms. The van der Waals surface area contributed by atoms with Crippen molar-refractivity contribution in [1.82, 2.24) is 10.4 Å². The molecule has 0 aliphatic heterocycles. The highest BCUT2D eigenvalue weighted by Crippen LogP contribution is 2.29. The summed E-state index contributed by atoms with van der Waals surface area (Å²) in [6.45, 7) is 1.96. The Hall–Kier alpha value is -2.24. The summed E-state index contributed by atoms with van der Waals surface area (Å²) in [7, 11) is 0. The summed E-state index contributed by atoms with van der Waals surface area (Å²) in [6.07, 6.45) is 1.52. The van der Waals surface area contributed by atoms with Gasteiger partial charge in [0.15, 0.2) is 0 Å². The van der Waals surface area contributed by atoms with Crippen LogP contribution in [0.5, 0.6) is 0 Å². The average Bonchev–Trinajstić information content (AvgIpc) is 2.87. The summed E-state index contributed by atoms with van der Waals surface area (Å²) in [5.41, 5.74) is 4.57. The molecule has 0 amide bonds. The molecule has 1 aromatic carbocycles. The van der Waals surface area contributed by atoms with E-state index in [9.17, 15) is 4.39 Å². The van der Waals surface area contributed by atoms with Crippen LogP contribution in [0.2, 0.25) is 0 Å². The fourth-order valence-corrected chi connectivity index (χ4v) is 2.28. The molecule has 2 heterocycles. The van der Waals surface area contributed by atoms with E-state index in [1.807, 2.05) is 31.2 Å². The lowest BCUT2D eigenvalue weighted by molar-refractivity contribution is 0.453. The van der Waals surface area contributed by atoms with Gasteiger partial charge in [0.05, 0.1) is 0 Å². The summed E-state index contributed by atoms with van der Waals surface area (Å²) in [5, 5.41) is 0.955. The molecule has 0 spiro atoms. The van der Waals surface area contributed by atoms with Gasteiger partial charge in [-0.25, -0.2) is 9.82 Å². The first-order valence-electron chi connectivity index (χ1n) is 6.26. The predicted molar refractivity (Wildman–Crippen MR) is 74.3 cm³/mol. The zero-order valence-corrected chi connectivity index (χ0v) is 10.9. The number of furan rings is 1. The van der Waals surface area contributed by atoms with Gasteiger partial charge >= 0.3 is 0 Å². The third-order valence-electron chi connectivity index (χ3n) is 3.27. The molecule has 0 saturated heterocycles. The molecule has 2 aromatic heterocycles. The zero-order valence-electron chi connectivity index (χ0n) is 10.9. The number of nitrogens with one attached hydrogen (secondary N) is 1. The number of aromatic nitrogens is 1. The molecular formula is C15H14FN3O. The summed E-state index contributed by atoms with van der Waals surface area (Å²) in [6, 6.07) is 9.96. The summed E-state index contributed by atoms with van der Waals surface area (Å²) in [5.74, 6) is 5.66. The molecule has 102 valence electrons. The lowest BCUT2D eigenvalue weighted by Crippen LogP contribution is -2.29. The maximum Gasteiger partial charge on any atom is 0.146 e. The van der Waals surface area contributed by atoms with Crippen molar-refractivity contribution in [2.45, 2.75) is 13.0 Å². The number of halogens is 1. The second kappa shape index (κ2) is 5.03. The van der Waals surface area contributed by atoms with Gasteiger partial charge in [-0.1, -0.05) is 18.2 Å². The van der Waals surface area contributed by atoms with Crippen LogP contribution >= 0.6 is 0 Å². The second-order valence-corrected chi connectivity index (χ2v) is 4.61. The molecule has 0 bridgehead atoms. The average molecular weight is 271 g/mol. The number of hydrogen-bond donors (Lipinski definition) is 2. The number of para-hydroxylation sites is 1. The molecule has 5 heteroatoms. The first kappa shape index (κ1) is 12.8. The van der Waals surface area contributed by atoms with Crippen LogP contribution in [0.4, 0.5) is 4.39 Å². The topological polar surface area (TPSA) is 64.1 Å². The quantitative estimate of drug-likeness (QED) is 0.568. The van der Waals surface area contributed by atoms with E-state index in [2.05, 4.69) is 10.4 Å². The van der Waals surface area contributed by atoms with Gasteiger partial charge in [-0.15, -0.1) is 0 Å². The minimum Gasteiger partial charge on any atom is -0.459 e. The molecular weight excluding hydrogens is 257 g/mol. The van der Waals surface area contributed by atoms with Crippen molar-refractivity contribution < 1.29 is 8.81 Å². The Kier molecular flexibility index (Phi) is 3.22. The van der Waals surface area contributed by atoms with Crippen molar-refractivity contribution in [3.8, 4) is 0 Å². The number of rotatable bonds is 3. The summed E-state index contributed by atoms with van der Waals surface area (Å²) >= 11 is 0. The standard InChI is InChI=1S/C15H14FN3O/c1-9-4-2-5-10-8-12(20-15(9)10)14(19-17)13-11(16)6-3-7-18-13/h2-8,14,19H,17H2,1H3. The van der Waals surface area contributed by atoms with Gasteiger partial charge in [0.25, 0.3) is 0 Å². The normalized spacial score (nSPS) is 12.8. The maximum absolute atomic E-state index is 13.8. The van der Waals surface area contributed by atoms with E-state index in [1.165, 1.54) is 18.3 Å². The molecule has 0 saturated carbocycles. The first-order valence-corrected chi connectivity index (χ1v) is 6.26. The fraction of sp³-hybridized carbons (Fsp3) is 0.133. The minimum absolute atomic E-state index is 0.215. The van der Waals surface area contributed by atoms with Crippen LogP contribution in [-0.4, -0.2) is 4.98 Å². The van der Waals surface area contributed by atoms with Gasteiger partial charge in [0.2, 0.25) is 0 Å². The molecule has 3 N–H and O–H groups in total. The number of benzene rings is 1. The molecule has 0 aliphatic rings. The van der Waals surface area contributed by atoms with E-state index in [0.29, 0.717) is 5.76 Å². The highest BCUT2D eigenvalue weighted by atomic mass is 19.1. The van der Waals surface area contributed by atoms with E-state index < -0.39 is 11.9 Å². The van der Waals surface area contributed by atoms with Crippen molar-refractivity contribution in [3.63, 3.8) is 0 Å². The molecule has 0 aliphatic carbocycles. The third kappa shape index (κ3) is 2.07. The number of nitrogens with two attached hydrogens (primary N) is 1. The van der Waals surface area contributed by atoms with Crippen molar-refractivity contribution >= 4 is 11.0 Å². The highest BCUT2D eigenvalue weighted by molar-refractivity contribution is 5.81. The number of nitrogens with zero attached hydrogens (tertiary/aromatic N) is 1. The van der Waals surface area contributed by atoms with Gasteiger partial charge < -0.3 is 4.42 Å². The number of fused-ring (bicyclic) bond motifs is 1. The van der Waals surface area contributed by atoms with Gasteiger partial charge in [-0.2, -0.15) is 0 Å². The molecule has 0 radical (unpaired) electrons. The third-order valence-corrected chi connectivity index (χ3v) is 3.27. The number of hydrazine groups is 1. The van der Waals surface area contributed by atoms with Crippen LogP contribution in [0.1, 0.15) is 23.1 Å². The van der Waals surface area contributed by atoms with Crippen LogP contribution in [0.3, 0.4) is 0 Å². The van der Waals surface area contributed by atoms with Crippen LogP contribution in [-0.2, 0) is 0 Å². The molecule has 1 atom stereocenters. The molecule has 3 aromatic rings. The molecule has 3 rings (SSSR count). The predicted octanol–water partition coefficient (Wildman–Crippen LogP) is 2.83. The maximum atomic E-state index is 13.8. The summed E-state index contributed by atoms with van der Waals surface area (Å²) in [4.78, 5) is 4.04. The van der Waals surface area contributed by atoms with Crippen molar-refractivity contribution in [3.05, 3.63) is 65.4 Å². The summed E-state index contributed by atoms with van der Waals surface area (Å²) < 4.78 is 19.7. The van der Waals surface area contributed by atoms with Crippen molar-refractivity contribution in [1.29, 1.82) is 0 Å². The van der Waals surface area contributed by atoms with Gasteiger partial charge in [0.1, 0.15) is 28.9 Å². The van der Waals surface area contributed by atoms with Crippen LogP contribution in [0.15, 0.2) is 47.0 Å². The van der Waals surface area contributed by atoms with E-state index in [0.717, 1.165) is 16.5 Å². The molecule has 1 unspecified atom stereocenters. The zero-order chi connectivity index (χ0) is 14.1. The van der Waals surface area contributed by atoms with E-state index in [4.69, 9.17) is 10.3 Å². The minimum atomic E-state index is -0.622. The Bertz CT molecular complexity index is 754. The second-order valence-electron chi connectivity index (χ2n) is 4.61. The first-order chi connectivity index (χ1) is 9.70. The van der Waals surface area contributed by atoms with Crippen LogP contribution in [0.25, 0.3) is 11.0 Å². The van der Waals surface area contributed by atoms with E-state index in [1.54, 1.807) is 0 Å². The Morgan fingerprint density at radius 2 is 2.15 bits per heavy atom. The van der Waals surface area contributed by atoms with Crippen molar-refractivity contribution in [2.75, 3.05) is 0 Å². The largest absolute Gasteiger partial charge is 0.459 e. The number of pyridine rings is 1. The molecule has 0 fully saturated rings. The smallest absolute Gasteiger partial charge is 0.146 e. The van der Waals surface area contributed by atoms with Gasteiger partial charge in [-0.3, -0.25) is 10.8 Å². The Labute approximate surface area is 115 Å². The lowest BCUT2D eigenvalue weighted by atomic mass is 10.1. The van der Waals surface area contributed by atoms with E-state index in [-0.39, 0.29) is 5.69 Å². The Morgan fingerprint density at radius 1 is 1.30 bits per heavy atom. The lowest BCUT2D eigenvalue weighted by Gasteiger charge is -2.13. The Morgan fingerprint density at radius 3 is 2.85 bits per heavy atom. The Balaban J connectivity index is 2.12. The molecule has 4 nitrogen and oxygen atoms in total. The fourth-order valence-electron chi connectivity index (χ4n) is 2.28. The van der Waals surface area contributed by atoms with Crippen molar-refractivity contribution in [2.24, 2.45) is 5.84 Å². The van der Waals surface area contributed by atoms with Gasteiger partial charge in [0, 0.05) is 11.6 Å².